The number of nitrogens with zero attached hydrogens (tertiary/aromatic N) is 2. The van der Waals surface area contributed by atoms with Crippen LogP contribution in [0.3, 0.4) is 0 Å². The predicted molar refractivity (Wildman–Crippen MR) is 334 cm³/mol. The van der Waals surface area contributed by atoms with E-state index in [1.54, 1.807) is 0 Å². The zero-order chi connectivity index (χ0) is 53.7. The largest absolute Gasteiger partial charge is 0.311 e. The molecule has 2 nitrogen and oxygen atoms in total. The summed E-state index contributed by atoms with van der Waals surface area (Å²) in [5, 5.41) is 4.28. The van der Waals surface area contributed by atoms with E-state index in [2.05, 4.69) is 237 Å². The Kier molecular flexibility index (Phi) is 11.0. The summed E-state index contributed by atoms with van der Waals surface area (Å²) in [6.07, 6.45) is 7.08. The molecule has 0 fully saturated rings. The summed E-state index contributed by atoms with van der Waals surface area (Å²) < 4.78 is 1.37. The van der Waals surface area contributed by atoms with E-state index in [0.29, 0.717) is 0 Å². The maximum atomic E-state index is 2.81. The van der Waals surface area contributed by atoms with Gasteiger partial charge in [0.1, 0.15) is 0 Å². The Hall–Kier alpha value is -4.84. The van der Waals surface area contributed by atoms with Gasteiger partial charge in [0, 0.05) is 33.0 Å². The fourth-order valence-electron chi connectivity index (χ4n) is 14.6. The second-order valence-electron chi connectivity index (χ2n) is 30.3. The van der Waals surface area contributed by atoms with Crippen molar-refractivity contribution in [2.24, 2.45) is 0 Å². The molecular formula is C70H85BN2SSi. The first-order chi connectivity index (χ1) is 34.8. The predicted octanol–water partition coefficient (Wildman–Crippen LogP) is 17.8. The Morgan fingerprint density at radius 1 is 0.480 bits per heavy atom. The molecule has 3 aliphatic carbocycles. The van der Waals surface area contributed by atoms with Gasteiger partial charge in [0.05, 0.1) is 18.8 Å². The molecule has 0 spiro atoms. The van der Waals surface area contributed by atoms with Gasteiger partial charge in [-0.05, 0) is 204 Å². The standard InChI is InChI=1S/C70H85BN2SSi/c1-42-34-58-62-59(35-42)73(56-40-53-51(67(9,10)30-32-69(53,13)14)38-47(56)43-20-24-46(25-21-43)75(17,18)19)57-41-54-52(68(11,12)31-33-70(54,15)16)39-55(57)71(62)61-48-36-44(64(2,3)4)22-27-60(48)74-63(61)72(58)45-23-26-49-50(37-45)66(7,8)29-28-65(49,5)6/h20-27,34-41H,28-33H2,1-19H3. The van der Waals surface area contributed by atoms with Crippen LogP contribution in [0.4, 0.5) is 33.4 Å². The van der Waals surface area contributed by atoms with Crippen molar-refractivity contribution in [3.8, 4) is 11.1 Å². The zero-order valence-electron chi connectivity index (χ0n) is 49.4. The van der Waals surface area contributed by atoms with E-state index in [0.717, 1.165) is 0 Å². The monoisotopic (exact) mass is 1020 g/mol. The quantitative estimate of drug-likeness (QED) is 0.162. The molecule has 0 saturated heterocycles. The second kappa shape index (κ2) is 16.1. The van der Waals surface area contributed by atoms with Gasteiger partial charge in [0.25, 0.3) is 6.71 Å². The fraction of sp³-hybridized carbons (Fsp3) is 0.457. The van der Waals surface area contributed by atoms with E-state index in [1.807, 2.05) is 11.3 Å². The topological polar surface area (TPSA) is 6.48 Å². The van der Waals surface area contributed by atoms with Crippen molar-refractivity contribution < 1.29 is 0 Å². The normalized spacial score (nSPS) is 20.2. The van der Waals surface area contributed by atoms with Crippen LogP contribution in [0.25, 0.3) is 21.2 Å². The van der Waals surface area contributed by atoms with E-state index >= 15 is 0 Å². The van der Waals surface area contributed by atoms with Crippen molar-refractivity contribution in [1.82, 2.24) is 0 Å². The molecule has 12 rings (SSSR count). The fourth-order valence-corrected chi connectivity index (χ4v) is 17.0. The lowest BCUT2D eigenvalue weighted by Gasteiger charge is -2.48. The van der Waals surface area contributed by atoms with Crippen LogP contribution in [0.15, 0.2) is 97.1 Å². The summed E-state index contributed by atoms with van der Waals surface area (Å²) in [6, 6.07) is 40.9. The highest BCUT2D eigenvalue weighted by molar-refractivity contribution is 7.26. The molecule has 3 heterocycles. The Morgan fingerprint density at radius 2 is 0.973 bits per heavy atom. The number of aryl methyl sites for hydroxylation is 1. The average molecular weight is 1030 g/mol. The number of benzene rings is 6. The highest BCUT2D eigenvalue weighted by Crippen LogP contribution is 2.57. The minimum Gasteiger partial charge on any atom is -0.311 e. The van der Waals surface area contributed by atoms with Crippen molar-refractivity contribution in [2.75, 3.05) is 9.80 Å². The minimum absolute atomic E-state index is 0.00281. The van der Waals surface area contributed by atoms with Crippen molar-refractivity contribution in [3.05, 3.63) is 142 Å². The average Bonchev–Trinajstić information content (AvgIpc) is 3.73. The Bertz CT molecular complexity index is 3550. The van der Waals surface area contributed by atoms with Gasteiger partial charge in [-0.3, -0.25) is 0 Å². The summed E-state index contributed by atoms with van der Waals surface area (Å²) in [7, 11) is -1.55. The molecule has 0 atom stereocenters. The molecule has 1 aromatic heterocycles. The number of hydrogen-bond donors (Lipinski definition) is 0. The van der Waals surface area contributed by atoms with Crippen LogP contribution in [-0.2, 0) is 37.9 Å². The minimum atomic E-state index is -1.55. The van der Waals surface area contributed by atoms with Crippen LogP contribution >= 0.6 is 11.3 Å². The van der Waals surface area contributed by atoms with Crippen molar-refractivity contribution in [3.63, 3.8) is 0 Å². The summed E-state index contributed by atoms with van der Waals surface area (Å²) in [5.74, 6) is 0. The van der Waals surface area contributed by atoms with Crippen molar-refractivity contribution in [2.45, 2.75) is 207 Å². The first kappa shape index (κ1) is 50.9. The summed E-state index contributed by atoms with van der Waals surface area (Å²) in [5.41, 5.74) is 25.7. The molecule has 5 aliphatic rings. The molecule has 2 aliphatic heterocycles. The Balaban J connectivity index is 1.24. The molecule has 0 bridgehead atoms. The van der Waals surface area contributed by atoms with Crippen LogP contribution < -0.4 is 31.4 Å². The Morgan fingerprint density at radius 3 is 1.52 bits per heavy atom. The highest BCUT2D eigenvalue weighted by atomic mass is 32.1. The van der Waals surface area contributed by atoms with Gasteiger partial charge in [-0.1, -0.05) is 177 Å². The van der Waals surface area contributed by atoms with Crippen molar-refractivity contribution >= 4 is 91.2 Å². The van der Waals surface area contributed by atoms with Crippen LogP contribution in [0, 0.1) is 6.92 Å². The molecule has 0 N–H and O–H groups in total. The lowest BCUT2D eigenvalue weighted by atomic mass is 9.33. The van der Waals surface area contributed by atoms with Gasteiger partial charge in [-0.2, -0.15) is 0 Å². The first-order valence-corrected chi connectivity index (χ1v) is 33.1. The first-order valence-electron chi connectivity index (χ1n) is 28.7. The van der Waals surface area contributed by atoms with Gasteiger partial charge < -0.3 is 9.80 Å². The molecule has 0 saturated carbocycles. The molecule has 388 valence electrons. The molecule has 0 unspecified atom stereocenters. The second-order valence-corrected chi connectivity index (χ2v) is 36.4. The molecule has 6 aromatic carbocycles. The SMILES string of the molecule is Cc1cc2c3c(c1)N(c1ccc4c(c1)C(C)(C)CCC4(C)C)c1sc4ccc(C(C)(C)C)cc4c1B3c1cc3c(cc1N2c1cc2c(cc1-c1ccc([Si](C)(C)C)cc1)C(C)(C)CCC2(C)C)C(C)(C)CCC3(C)C. The molecule has 7 aromatic rings. The molecule has 75 heavy (non-hydrogen) atoms. The third-order valence-electron chi connectivity index (χ3n) is 20.0. The lowest BCUT2D eigenvalue weighted by molar-refractivity contribution is 0.332. The molecule has 5 heteroatoms. The van der Waals surface area contributed by atoms with Crippen LogP contribution in [0.1, 0.15) is 187 Å². The number of rotatable bonds is 4. The van der Waals surface area contributed by atoms with Gasteiger partial charge in [0.15, 0.2) is 0 Å². The summed E-state index contributed by atoms with van der Waals surface area (Å²) in [6.45, 7) is 47.0. The maximum Gasteiger partial charge on any atom is 0.254 e. The van der Waals surface area contributed by atoms with Crippen LogP contribution in [-0.4, -0.2) is 14.8 Å². The van der Waals surface area contributed by atoms with Gasteiger partial charge >= 0.3 is 0 Å². The highest BCUT2D eigenvalue weighted by Gasteiger charge is 2.50. The Labute approximate surface area is 457 Å². The molecule has 0 radical (unpaired) electrons. The smallest absolute Gasteiger partial charge is 0.254 e. The molecular weight excluding hydrogens is 940 g/mol. The summed E-state index contributed by atoms with van der Waals surface area (Å²) in [4.78, 5) is 5.55. The molecule has 0 amide bonds. The third-order valence-corrected chi connectivity index (χ3v) is 23.3. The van der Waals surface area contributed by atoms with E-state index in [9.17, 15) is 0 Å². The lowest BCUT2D eigenvalue weighted by Crippen LogP contribution is -2.61. The third kappa shape index (κ3) is 7.79. The summed E-state index contributed by atoms with van der Waals surface area (Å²) >= 11 is 2.01. The number of thiophene rings is 1. The van der Waals surface area contributed by atoms with E-state index < -0.39 is 8.07 Å². The van der Waals surface area contributed by atoms with Gasteiger partial charge in [-0.15, -0.1) is 11.3 Å². The number of hydrogen-bond acceptors (Lipinski definition) is 3. The van der Waals surface area contributed by atoms with Crippen LogP contribution in [0.5, 0.6) is 0 Å². The number of fused-ring (bicyclic) bond motifs is 9. The van der Waals surface area contributed by atoms with E-state index in [-0.39, 0.29) is 44.6 Å². The van der Waals surface area contributed by atoms with Gasteiger partial charge in [0.2, 0.25) is 0 Å². The maximum absolute atomic E-state index is 2.81. The van der Waals surface area contributed by atoms with Crippen LogP contribution in [0.2, 0.25) is 19.6 Å². The van der Waals surface area contributed by atoms with Crippen molar-refractivity contribution in [1.29, 1.82) is 0 Å². The van der Waals surface area contributed by atoms with E-state index in [4.69, 9.17) is 0 Å². The number of anilines is 6. The van der Waals surface area contributed by atoms with E-state index in [1.165, 1.54) is 159 Å². The zero-order valence-corrected chi connectivity index (χ0v) is 51.2. The van der Waals surface area contributed by atoms with Gasteiger partial charge in [-0.25, -0.2) is 0 Å².